The van der Waals surface area contributed by atoms with Crippen LogP contribution in [0.1, 0.15) is 18.1 Å². The number of anilines is 2. The quantitative estimate of drug-likeness (QED) is 0.219. The van der Waals surface area contributed by atoms with Gasteiger partial charge < -0.3 is 20.1 Å². The molecule has 0 atom stereocenters. The molecule has 0 saturated heterocycles. The van der Waals surface area contributed by atoms with Gasteiger partial charge in [-0.05, 0) is 79.6 Å². The van der Waals surface area contributed by atoms with Crippen molar-refractivity contribution in [3.05, 3.63) is 86.4 Å². The highest BCUT2D eigenvalue weighted by molar-refractivity contribution is 6.37. The zero-order chi connectivity index (χ0) is 26.9. The molecule has 0 aliphatic heterocycles. The first-order valence-corrected chi connectivity index (χ1v) is 12.2. The number of nitriles is 1. The molecule has 37 heavy (non-hydrogen) atoms. The fourth-order valence-corrected chi connectivity index (χ4v) is 3.91. The summed E-state index contributed by atoms with van der Waals surface area (Å²) in [6.45, 7) is 3.90. The predicted octanol–water partition coefficient (Wildman–Crippen LogP) is 6.92. The molecule has 10 heteroatoms. The maximum atomic E-state index is 12.6. The molecule has 2 N–H and O–H groups in total. The van der Waals surface area contributed by atoms with E-state index in [1.54, 1.807) is 42.5 Å². The fourth-order valence-electron chi connectivity index (χ4n) is 3.12. The summed E-state index contributed by atoms with van der Waals surface area (Å²) in [6.07, 6.45) is 1.35. The molecule has 3 aromatic rings. The normalized spacial score (nSPS) is 10.9. The van der Waals surface area contributed by atoms with Crippen molar-refractivity contribution >= 4 is 64.1 Å². The molecule has 3 aromatic carbocycles. The van der Waals surface area contributed by atoms with E-state index < -0.39 is 11.8 Å². The second kappa shape index (κ2) is 13.0. The van der Waals surface area contributed by atoms with Crippen LogP contribution in [0.25, 0.3) is 6.08 Å². The number of hydrogen-bond donors (Lipinski definition) is 2. The van der Waals surface area contributed by atoms with E-state index in [0.717, 1.165) is 5.56 Å². The zero-order valence-electron chi connectivity index (χ0n) is 19.9. The Morgan fingerprint density at radius 3 is 2.16 bits per heavy atom. The number of nitrogens with one attached hydrogen (secondary N) is 2. The fraction of sp³-hybridized carbons (Fsp3) is 0.148. The van der Waals surface area contributed by atoms with Crippen LogP contribution in [0.2, 0.25) is 15.1 Å². The molecule has 0 unspecified atom stereocenters. The van der Waals surface area contributed by atoms with Gasteiger partial charge in [0.05, 0.1) is 16.7 Å². The number of carbonyl (C=O) groups is 2. The first-order valence-electron chi connectivity index (χ1n) is 11.0. The van der Waals surface area contributed by atoms with Crippen LogP contribution in [-0.2, 0) is 9.59 Å². The summed E-state index contributed by atoms with van der Waals surface area (Å²) in [4.78, 5) is 24.9. The average Bonchev–Trinajstić information content (AvgIpc) is 2.85. The van der Waals surface area contributed by atoms with E-state index in [2.05, 4.69) is 10.6 Å². The topological polar surface area (TPSA) is 100 Å². The molecular formula is C27H22Cl3N3O4. The third-order valence-corrected chi connectivity index (χ3v) is 5.89. The van der Waals surface area contributed by atoms with E-state index in [1.165, 1.54) is 18.2 Å². The Morgan fingerprint density at radius 2 is 1.57 bits per heavy atom. The summed E-state index contributed by atoms with van der Waals surface area (Å²) in [5, 5.41) is 15.6. The van der Waals surface area contributed by atoms with Gasteiger partial charge in [-0.2, -0.15) is 5.26 Å². The molecule has 0 aliphatic carbocycles. The van der Waals surface area contributed by atoms with E-state index in [1.807, 2.05) is 19.9 Å². The smallest absolute Gasteiger partial charge is 0.266 e. The van der Waals surface area contributed by atoms with E-state index in [0.29, 0.717) is 34.3 Å². The Labute approximate surface area is 229 Å². The molecule has 7 nitrogen and oxygen atoms in total. The highest BCUT2D eigenvalue weighted by Gasteiger charge is 2.15. The van der Waals surface area contributed by atoms with Crippen LogP contribution >= 0.6 is 34.8 Å². The number of amides is 2. The van der Waals surface area contributed by atoms with Crippen LogP contribution in [0.4, 0.5) is 11.4 Å². The summed E-state index contributed by atoms with van der Waals surface area (Å²) in [5.41, 5.74) is 2.15. The van der Waals surface area contributed by atoms with Crippen LogP contribution in [0.3, 0.4) is 0 Å². The molecule has 0 heterocycles. The molecule has 0 aliphatic rings. The van der Waals surface area contributed by atoms with Crippen molar-refractivity contribution in [2.24, 2.45) is 0 Å². The van der Waals surface area contributed by atoms with Gasteiger partial charge in [-0.25, -0.2) is 0 Å². The summed E-state index contributed by atoms with van der Waals surface area (Å²) in [6, 6.07) is 16.7. The van der Waals surface area contributed by atoms with Crippen molar-refractivity contribution in [3.8, 4) is 17.6 Å². The molecule has 0 fully saturated rings. The van der Waals surface area contributed by atoms with Gasteiger partial charge in [0, 0.05) is 16.4 Å². The van der Waals surface area contributed by atoms with Crippen LogP contribution in [-0.4, -0.2) is 25.0 Å². The lowest BCUT2D eigenvalue weighted by atomic mass is 10.1. The lowest BCUT2D eigenvalue weighted by molar-refractivity contribution is -0.118. The molecule has 0 spiro atoms. The number of halogens is 3. The number of ether oxygens (including phenoxy) is 2. The molecule has 2 amide bonds. The lowest BCUT2D eigenvalue weighted by Crippen LogP contribution is -2.20. The van der Waals surface area contributed by atoms with Gasteiger partial charge in [0.2, 0.25) is 0 Å². The summed E-state index contributed by atoms with van der Waals surface area (Å²) in [5.74, 6) is -0.282. The van der Waals surface area contributed by atoms with Crippen LogP contribution in [0.5, 0.6) is 11.5 Å². The van der Waals surface area contributed by atoms with Gasteiger partial charge in [0.25, 0.3) is 11.8 Å². The molecule has 0 radical (unpaired) electrons. The highest BCUT2D eigenvalue weighted by Crippen LogP contribution is 2.35. The Bertz CT molecular complexity index is 1360. The van der Waals surface area contributed by atoms with Gasteiger partial charge in [0.15, 0.2) is 12.4 Å². The summed E-state index contributed by atoms with van der Waals surface area (Å²) < 4.78 is 10.9. The number of aryl methyl sites for hydroxylation is 1. The number of nitrogens with zero attached hydrogens (tertiary/aromatic N) is 1. The predicted molar refractivity (Wildman–Crippen MR) is 147 cm³/mol. The Hall–Kier alpha value is -3.70. The van der Waals surface area contributed by atoms with Crippen LogP contribution in [0, 0.1) is 18.3 Å². The van der Waals surface area contributed by atoms with E-state index in [9.17, 15) is 14.9 Å². The molecule has 0 saturated carbocycles. The van der Waals surface area contributed by atoms with Crippen molar-refractivity contribution in [2.75, 3.05) is 23.8 Å². The van der Waals surface area contributed by atoms with E-state index in [4.69, 9.17) is 44.3 Å². The minimum Gasteiger partial charge on any atom is -0.494 e. The van der Waals surface area contributed by atoms with Crippen molar-refractivity contribution in [3.63, 3.8) is 0 Å². The number of carbonyl (C=O) groups excluding carboxylic acids is 2. The van der Waals surface area contributed by atoms with Gasteiger partial charge >= 0.3 is 0 Å². The first-order chi connectivity index (χ1) is 17.7. The largest absolute Gasteiger partial charge is 0.494 e. The minimum absolute atomic E-state index is 0.0925. The second-order valence-corrected chi connectivity index (χ2v) is 8.92. The molecule has 3 rings (SSSR count). The van der Waals surface area contributed by atoms with Gasteiger partial charge in [0.1, 0.15) is 17.4 Å². The SMILES string of the molecule is CCOc1ccc(NC(=O)/C(C#N)=C/c2cc(Cl)c(OCC(=O)Nc3ccc(C)c(Cl)c3)c(Cl)c2)cc1. The van der Waals surface area contributed by atoms with Gasteiger partial charge in [-0.15, -0.1) is 0 Å². The van der Waals surface area contributed by atoms with E-state index in [-0.39, 0.29) is 28.0 Å². The van der Waals surface area contributed by atoms with Crippen molar-refractivity contribution in [1.82, 2.24) is 0 Å². The maximum absolute atomic E-state index is 12.6. The third kappa shape index (κ3) is 7.89. The van der Waals surface area contributed by atoms with Crippen LogP contribution < -0.4 is 20.1 Å². The molecular weight excluding hydrogens is 537 g/mol. The lowest BCUT2D eigenvalue weighted by Gasteiger charge is -2.12. The van der Waals surface area contributed by atoms with Crippen LogP contribution in [0.15, 0.2) is 60.2 Å². The number of benzene rings is 3. The Balaban J connectivity index is 1.66. The number of hydrogen-bond acceptors (Lipinski definition) is 5. The maximum Gasteiger partial charge on any atom is 0.266 e. The second-order valence-electron chi connectivity index (χ2n) is 7.70. The molecule has 0 bridgehead atoms. The standard InChI is InChI=1S/C27H22Cl3N3O4/c1-3-36-21-8-6-19(7-9-21)33-27(35)18(14-31)10-17-11-23(29)26(24(30)12-17)37-15-25(34)32-20-5-4-16(2)22(28)13-20/h4-13H,3,15H2,1-2H3,(H,32,34)(H,33,35)/b18-10+. The first kappa shape index (κ1) is 27.9. The Morgan fingerprint density at radius 1 is 0.919 bits per heavy atom. The Kier molecular flexibility index (Phi) is 9.81. The van der Waals surface area contributed by atoms with Crippen molar-refractivity contribution in [1.29, 1.82) is 5.26 Å². The minimum atomic E-state index is -0.605. The summed E-state index contributed by atoms with van der Waals surface area (Å²) in [7, 11) is 0. The van der Waals surface area contributed by atoms with Crippen molar-refractivity contribution < 1.29 is 19.1 Å². The number of rotatable bonds is 9. The van der Waals surface area contributed by atoms with Gasteiger partial charge in [-0.1, -0.05) is 40.9 Å². The monoisotopic (exact) mass is 557 g/mol. The third-order valence-electron chi connectivity index (χ3n) is 4.92. The van der Waals surface area contributed by atoms with E-state index >= 15 is 0 Å². The average molecular weight is 559 g/mol. The van der Waals surface area contributed by atoms with Crippen molar-refractivity contribution in [2.45, 2.75) is 13.8 Å². The zero-order valence-corrected chi connectivity index (χ0v) is 22.2. The summed E-state index contributed by atoms with van der Waals surface area (Å²) >= 11 is 18.7. The highest BCUT2D eigenvalue weighted by atomic mass is 35.5. The van der Waals surface area contributed by atoms with Gasteiger partial charge in [-0.3, -0.25) is 9.59 Å². The molecule has 190 valence electrons. The molecule has 0 aromatic heterocycles.